The fraction of sp³-hybridized carbons (Fsp3) is 0.429. The Balaban J connectivity index is 2.52. The molecule has 1 aromatic carbocycles. The lowest BCUT2D eigenvalue weighted by atomic mass is 9.97. The predicted molar refractivity (Wildman–Crippen MR) is 67.7 cm³/mol. The Labute approximate surface area is 101 Å². The van der Waals surface area contributed by atoms with Crippen molar-refractivity contribution >= 4 is 11.0 Å². The molecular weight excluding hydrogens is 217 g/mol. The predicted octanol–water partition coefficient (Wildman–Crippen LogP) is 3.66. The largest absolute Gasteiger partial charge is 0.457 e. The molecular formula is C14H18FNO. The zero-order valence-corrected chi connectivity index (χ0v) is 10.3. The number of aryl methyl sites for hydroxylation is 1. The highest BCUT2D eigenvalue weighted by Crippen LogP contribution is 2.35. The van der Waals surface area contributed by atoms with Gasteiger partial charge in [-0.2, -0.15) is 0 Å². The Morgan fingerprint density at radius 3 is 2.76 bits per heavy atom. The lowest BCUT2D eigenvalue weighted by Crippen LogP contribution is -2.29. The number of hydrogen-bond donors (Lipinski definition) is 1. The first-order valence-corrected chi connectivity index (χ1v) is 5.99. The second-order valence-corrected chi connectivity index (χ2v) is 4.52. The number of para-hydroxylation sites is 1. The molecule has 1 atom stereocenters. The van der Waals surface area contributed by atoms with Gasteiger partial charge in [-0.25, -0.2) is 4.39 Å². The Kier molecular flexibility index (Phi) is 3.20. The van der Waals surface area contributed by atoms with Crippen LogP contribution in [0.4, 0.5) is 4.39 Å². The minimum absolute atomic E-state index is 0.0420. The molecule has 0 aliphatic heterocycles. The second kappa shape index (κ2) is 4.49. The highest BCUT2D eigenvalue weighted by atomic mass is 19.1. The van der Waals surface area contributed by atoms with Gasteiger partial charge in [-0.3, -0.25) is 0 Å². The van der Waals surface area contributed by atoms with Gasteiger partial charge in [0.05, 0.1) is 0 Å². The summed E-state index contributed by atoms with van der Waals surface area (Å²) in [5.41, 5.74) is 5.79. The third-order valence-corrected chi connectivity index (χ3v) is 3.15. The van der Waals surface area contributed by atoms with Crippen LogP contribution in [-0.4, -0.2) is 6.54 Å². The van der Waals surface area contributed by atoms with Crippen molar-refractivity contribution in [1.29, 1.82) is 0 Å². The fourth-order valence-corrected chi connectivity index (χ4v) is 2.15. The monoisotopic (exact) mass is 235 g/mol. The molecule has 0 saturated carbocycles. The zero-order valence-electron chi connectivity index (χ0n) is 10.3. The number of fused-ring (bicyclic) bond motifs is 1. The maximum atomic E-state index is 14.6. The lowest BCUT2D eigenvalue weighted by molar-refractivity contribution is 0.128. The molecule has 2 aromatic rings. The summed E-state index contributed by atoms with van der Waals surface area (Å²) in [4.78, 5) is 0. The summed E-state index contributed by atoms with van der Waals surface area (Å²) in [6.45, 7) is 3.86. The van der Waals surface area contributed by atoms with Gasteiger partial charge in [-0.05, 0) is 25.0 Å². The van der Waals surface area contributed by atoms with E-state index in [0.717, 1.165) is 23.0 Å². The molecule has 0 bridgehead atoms. The molecule has 0 amide bonds. The lowest BCUT2D eigenvalue weighted by Gasteiger charge is -2.20. The Hall–Kier alpha value is -1.35. The molecule has 0 saturated heterocycles. The van der Waals surface area contributed by atoms with Gasteiger partial charge >= 0.3 is 0 Å². The van der Waals surface area contributed by atoms with E-state index >= 15 is 0 Å². The first-order chi connectivity index (χ1) is 8.10. The Morgan fingerprint density at radius 1 is 1.41 bits per heavy atom. The van der Waals surface area contributed by atoms with Gasteiger partial charge in [-0.15, -0.1) is 0 Å². The highest BCUT2D eigenvalue weighted by molar-refractivity contribution is 5.81. The first-order valence-electron chi connectivity index (χ1n) is 5.99. The van der Waals surface area contributed by atoms with Crippen LogP contribution in [0.5, 0.6) is 0 Å². The van der Waals surface area contributed by atoms with Gasteiger partial charge < -0.3 is 10.2 Å². The molecule has 17 heavy (non-hydrogen) atoms. The van der Waals surface area contributed by atoms with Gasteiger partial charge in [0.25, 0.3) is 0 Å². The molecule has 0 spiro atoms. The average Bonchev–Trinajstić information content (AvgIpc) is 2.75. The van der Waals surface area contributed by atoms with E-state index in [1.165, 1.54) is 0 Å². The standard InChI is InChI=1S/C14H18FNO/c1-3-7-14(15,9-16)12-8-11-6-4-5-10(2)13(11)17-12/h4-6,8H,3,7,9,16H2,1-2H3. The molecule has 2 rings (SSSR count). The number of benzene rings is 1. The van der Waals surface area contributed by atoms with E-state index in [2.05, 4.69) is 0 Å². The molecule has 0 fully saturated rings. The maximum absolute atomic E-state index is 14.6. The highest BCUT2D eigenvalue weighted by Gasteiger charge is 2.33. The third kappa shape index (κ3) is 2.07. The summed E-state index contributed by atoms with van der Waals surface area (Å²) < 4.78 is 20.3. The van der Waals surface area contributed by atoms with E-state index in [1.54, 1.807) is 6.07 Å². The van der Waals surface area contributed by atoms with Crippen molar-refractivity contribution < 1.29 is 8.81 Å². The third-order valence-electron chi connectivity index (χ3n) is 3.15. The molecule has 1 aromatic heterocycles. The number of nitrogens with two attached hydrogens (primary N) is 1. The summed E-state index contributed by atoms with van der Waals surface area (Å²) in [6, 6.07) is 7.60. The Morgan fingerprint density at radius 2 is 2.18 bits per heavy atom. The van der Waals surface area contributed by atoms with Crippen molar-refractivity contribution in [3.05, 3.63) is 35.6 Å². The molecule has 1 heterocycles. The van der Waals surface area contributed by atoms with Crippen LogP contribution in [-0.2, 0) is 5.67 Å². The topological polar surface area (TPSA) is 39.2 Å². The average molecular weight is 235 g/mol. The summed E-state index contributed by atoms with van der Waals surface area (Å²) in [6.07, 6.45) is 1.13. The van der Waals surface area contributed by atoms with Crippen molar-refractivity contribution in [2.24, 2.45) is 5.73 Å². The quantitative estimate of drug-likeness (QED) is 0.878. The number of furan rings is 1. The van der Waals surface area contributed by atoms with E-state index in [-0.39, 0.29) is 6.54 Å². The molecule has 2 N–H and O–H groups in total. The molecule has 2 nitrogen and oxygen atoms in total. The van der Waals surface area contributed by atoms with Crippen LogP contribution in [0.25, 0.3) is 11.0 Å². The van der Waals surface area contributed by atoms with Crippen molar-refractivity contribution in [2.75, 3.05) is 6.54 Å². The molecule has 1 unspecified atom stereocenters. The van der Waals surface area contributed by atoms with Gasteiger partial charge in [-0.1, -0.05) is 31.5 Å². The van der Waals surface area contributed by atoms with Crippen molar-refractivity contribution in [1.82, 2.24) is 0 Å². The molecule has 0 aliphatic carbocycles. The summed E-state index contributed by atoms with van der Waals surface area (Å²) >= 11 is 0. The second-order valence-electron chi connectivity index (χ2n) is 4.52. The van der Waals surface area contributed by atoms with Crippen LogP contribution < -0.4 is 5.73 Å². The van der Waals surface area contributed by atoms with Crippen molar-refractivity contribution in [3.8, 4) is 0 Å². The summed E-state index contributed by atoms with van der Waals surface area (Å²) in [5.74, 6) is 0.353. The molecule has 0 radical (unpaired) electrons. The van der Waals surface area contributed by atoms with Crippen LogP contribution in [0.2, 0.25) is 0 Å². The number of rotatable bonds is 4. The number of hydrogen-bond acceptors (Lipinski definition) is 2. The maximum Gasteiger partial charge on any atom is 0.180 e. The summed E-state index contributed by atoms with van der Waals surface area (Å²) in [7, 11) is 0. The van der Waals surface area contributed by atoms with Gasteiger partial charge in [0.15, 0.2) is 5.67 Å². The van der Waals surface area contributed by atoms with Crippen LogP contribution in [0, 0.1) is 6.92 Å². The van der Waals surface area contributed by atoms with E-state index in [0.29, 0.717) is 12.2 Å². The molecule has 3 heteroatoms. The normalized spacial score (nSPS) is 15.1. The van der Waals surface area contributed by atoms with E-state index < -0.39 is 5.67 Å². The smallest absolute Gasteiger partial charge is 0.180 e. The first kappa shape index (κ1) is 12.1. The van der Waals surface area contributed by atoms with E-state index in [4.69, 9.17) is 10.2 Å². The fourth-order valence-electron chi connectivity index (χ4n) is 2.15. The Bertz CT molecular complexity index is 520. The SMILES string of the molecule is CCCC(F)(CN)c1cc2cccc(C)c2o1. The van der Waals surface area contributed by atoms with Crippen molar-refractivity contribution in [3.63, 3.8) is 0 Å². The van der Waals surface area contributed by atoms with Crippen LogP contribution in [0.3, 0.4) is 0 Å². The van der Waals surface area contributed by atoms with Crippen LogP contribution >= 0.6 is 0 Å². The van der Waals surface area contributed by atoms with Crippen LogP contribution in [0.1, 0.15) is 31.1 Å². The van der Waals surface area contributed by atoms with E-state index in [1.807, 2.05) is 32.0 Å². The number of halogens is 1. The molecule has 92 valence electrons. The minimum atomic E-state index is -1.54. The minimum Gasteiger partial charge on any atom is -0.457 e. The van der Waals surface area contributed by atoms with Gasteiger partial charge in [0.2, 0.25) is 0 Å². The summed E-state index contributed by atoms with van der Waals surface area (Å²) in [5, 5.41) is 0.937. The van der Waals surface area contributed by atoms with Gasteiger partial charge in [0, 0.05) is 11.9 Å². The van der Waals surface area contributed by atoms with E-state index in [9.17, 15) is 4.39 Å². The van der Waals surface area contributed by atoms with Crippen LogP contribution in [0.15, 0.2) is 28.7 Å². The zero-order chi connectivity index (χ0) is 12.5. The molecule has 0 aliphatic rings. The van der Waals surface area contributed by atoms with Crippen molar-refractivity contribution in [2.45, 2.75) is 32.4 Å². The number of alkyl halides is 1. The van der Waals surface area contributed by atoms with Gasteiger partial charge in [0.1, 0.15) is 11.3 Å².